The molecule has 142 valence electrons. The number of aryl methyl sites for hydroxylation is 2. The van der Waals surface area contributed by atoms with Gasteiger partial charge in [-0.05, 0) is 54.8 Å². The highest BCUT2D eigenvalue weighted by Gasteiger charge is 2.30. The summed E-state index contributed by atoms with van der Waals surface area (Å²) in [5.74, 6) is 0.733. The summed E-state index contributed by atoms with van der Waals surface area (Å²) in [7, 11) is 0. The Morgan fingerprint density at radius 3 is 2.19 bits per heavy atom. The van der Waals surface area contributed by atoms with E-state index in [4.69, 9.17) is 9.47 Å². The number of phenolic OH excluding ortho intramolecular Hbond substituents is 1. The lowest BCUT2D eigenvalue weighted by molar-refractivity contribution is -0.274. The molecule has 0 unspecified atom stereocenters. The number of benzene rings is 2. The van der Waals surface area contributed by atoms with Gasteiger partial charge >= 0.3 is 6.36 Å². The van der Waals surface area contributed by atoms with Crippen molar-refractivity contribution in [2.24, 2.45) is 0 Å². The van der Waals surface area contributed by atoms with Crippen LogP contribution in [0.3, 0.4) is 0 Å². The molecule has 26 heavy (non-hydrogen) atoms. The molecule has 0 radical (unpaired) electrons. The fraction of sp³-hybridized carbons (Fsp3) is 0.368. The molecule has 0 fully saturated rings. The molecule has 0 atom stereocenters. The van der Waals surface area contributed by atoms with Gasteiger partial charge in [-0.15, -0.1) is 13.2 Å². The minimum atomic E-state index is -4.71. The van der Waals surface area contributed by atoms with Crippen LogP contribution in [0.25, 0.3) is 0 Å². The highest BCUT2D eigenvalue weighted by Crippen LogP contribution is 2.32. The first-order valence-corrected chi connectivity index (χ1v) is 8.22. The van der Waals surface area contributed by atoms with Gasteiger partial charge in [0.15, 0.2) is 11.5 Å². The van der Waals surface area contributed by atoms with E-state index in [0.29, 0.717) is 31.1 Å². The number of ether oxygens (including phenoxy) is 3. The minimum Gasteiger partial charge on any atom is -0.504 e. The minimum absolute atomic E-state index is 0.114. The third kappa shape index (κ3) is 6.06. The molecule has 4 nitrogen and oxygen atoms in total. The van der Waals surface area contributed by atoms with Gasteiger partial charge in [-0.1, -0.05) is 13.0 Å². The Kier molecular flexibility index (Phi) is 6.60. The highest BCUT2D eigenvalue weighted by molar-refractivity contribution is 5.48. The van der Waals surface area contributed by atoms with Crippen molar-refractivity contribution in [3.63, 3.8) is 0 Å². The molecule has 0 aliphatic rings. The Hall–Kier alpha value is -2.57. The summed E-state index contributed by atoms with van der Waals surface area (Å²) in [6.07, 6.45) is -3.41. The molecule has 2 rings (SSSR count). The maximum Gasteiger partial charge on any atom is 0.573 e. The lowest BCUT2D eigenvalue weighted by Crippen LogP contribution is -2.17. The average Bonchev–Trinajstić information content (AvgIpc) is 2.55. The quantitative estimate of drug-likeness (QED) is 0.664. The number of aromatic hydroxyl groups is 1. The van der Waals surface area contributed by atoms with Gasteiger partial charge in [0.25, 0.3) is 0 Å². The summed E-state index contributed by atoms with van der Waals surface area (Å²) in [4.78, 5) is 0. The van der Waals surface area contributed by atoms with E-state index in [9.17, 15) is 18.3 Å². The van der Waals surface area contributed by atoms with E-state index in [1.165, 1.54) is 24.3 Å². The van der Waals surface area contributed by atoms with Gasteiger partial charge in [-0.2, -0.15) is 0 Å². The summed E-state index contributed by atoms with van der Waals surface area (Å²) >= 11 is 0. The van der Waals surface area contributed by atoms with Crippen molar-refractivity contribution in [2.75, 3.05) is 13.2 Å². The van der Waals surface area contributed by atoms with E-state index in [1.807, 2.05) is 19.9 Å². The van der Waals surface area contributed by atoms with Crippen LogP contribution in [0.15, 0.2) is 36.4 Å². The van der Waals surface area contributed by atoms with Crippen LogP contribution in [0.5, 0.6) is 23.0 Å². The van der Waals surface area contributed by atoms with Gasteiger partial charge < -0.3 is 19.3 Å². The van der Waals surface area contributed by atoms with E-state index < -0.39 is 6.36 Å². The summed E-state index contributed by atoms with van der Waals surface area (Å²) in [5, 5.41) is 10.00. The first kappa shape index (κ1) is 19.8. The second-order valence-corrected chi connectivity index (χ2v) is 5.70. The SMILES string of the molecule is CCc1cc(C)cc(O)c1OCCCOc1ccc(OC(F)(F)F)cc1. The third-order valence-corrected chi connectivity index (χ3v) is 3.53. The van der Waals surface area contributed by atoms with E-state index >= 15 is 0 Å². The highest BCUT2D eigenvalue weighted by atomic mass is 19.4. The number of alkyl halides is 3. The molecule has 1 N–H and O–H groups in total. The number of hydrogen-bond acceptors (Lipinski definition) is 4. The smallest absolute Gasteiger partial charge is 0.504 e. The molecule has 0 saturated carbocycles. The van der Waals surface area contributed by atoms with E-state index in [0.717, 1.165) is 17.5 Å². The van der Waals surface area contributed by atoms with Crippen molar-refractivity contribution in [3.8, 4) is 23.0 Å². The van der Waals surface area contributed by atoms with Crippen LogP contribution in [0.2, 0.25) is 0 Å². The van der Waals surface area contributed by atoms with E-state index in [-0.39, 0.29) is 11.5 Å². The predicted octanol–water partition coefficient (Wildman–Crippen LogP) is 5.01. The van der Waals surface area contributed by atoms with Crippen molar-refractivity contribution in [1.29, 1.82) is 0 Å². The zero-order valence-corrected chi connectivity index (χ0v) is 14.6. The van der Waals surface area contributed by atoms with Crippen LogP contribution in [0.1, 0.15) is 24.5 Å². The van der Waals surface area contributed by atoms with Crippen LogP contribution < -0.4 is 14.2 Å². The number of phenols is 1. The Morgan fingerprint density at radius 2 is 1.58 bits per heavy atom. The first-order chi connectivity index (χ1) is 12.3. The summed E-state index contributed by atoms with van der Waals surface area (Å²) < 4.78 is 51.2. The number of rotatable bonds is 8. The molecule has 0 bridgehead atoms. The largest absolute Gasteiger partial charge is 0.573 e. The van der Waals surface area contributed by atoms with Crippen LogP contribution in [0, 0.1) is 6.92 Å². The number of hydrogen-bond donors (Lipinski definition) is 1. The summed E-state index contributed by atoms with van der Waals surface area (Å²) in [5.41, 5.74) is 1.90. The van der Waals surface area contributed by atoms with Gasteiger partial charge in [-0.25, -0.2) is 0 Å². The van der Waals surface area contributed by atoms with E-state index in [2.05, 4.69) is 4.74 Å². The molecule has 0 aromatic heterocycles. The van der Waals surface area contributed by atoms with Gasteiger partial charge in [0.05, 0.1) is 13.2 Å². The molecule has 0 spiro atoms. The summed E-state index contributed by atoms with van der Waals surface area (Å²) in [6, 6.07) is 8.81. The third-order valence-electron chi connectivity index (χ3n) is 3.53. The average molecular weight is 370 g/mol. The fourth-order valence-electron chi connectivity index (χ4n) is 2.42. The standard InChI is InChI=1S/C19H21F3O4/c1-3-14-11-13(2)12-17(23)18(14)25-10-4-9-24-15-5-7-16(8-6-15)26-19(20,21)22/h5-8,11-12,23H,3-4,9-10H2,1-2H3. The molecular weight excluding hydrogens is 349 g/mol. The maximum atomic E-state index is 12.1. The van der Waals surface area contributed by atoms with Gasteiger partial charge in [-0.3, -0.25) is 0 Å². The Labute approximate surface area is 150 Å². The molecule has 2 aromatic rings. The monoisotopic (exact) mass is 370 g/mol. The first-order valence-electron chi connectivity index (χ1n) is 8.22. The lowest BCUT2D eigenvalue weighted by Gasteiger charge is -2.14. The molecule has 7 heteroatoms. The van der Waals surface area contributed by atoms with Crippen LogP contribution in [0.4, 0.5) is 13.2 Å². The maximum absolute atomic E-state index is 12.1. The Bertz CT molecular complexity index is 712. The topological polar surface area (TPSA) is 47.9 Å². The molecule has 2 aromatic carbocycles. The van der Waals surface area contributed by atoms with Crippen molar-refractivity contribution in [3.05, 3.63) is 47.5 Å². The number of halogens is 3. The second kappa shape index (κ2) is 8.69. The van der Waals surface area contributed by atoms with Crippen molar-refractivity contribution >= 4 is 0 Å². The molecule has 0 aliphatic carbocycles. The van der Waals surface area contributed by atoms with Crippen LogP contribution in [-0.2, 0) is 6.42 Å². The van der Waals surface area contributed by atoms with Gasteiger partial charge in [0.2, 0.25) is 0 Å². The molecule has 0 aliphatic heterocycles. The fourth-order valence-corrected chi connectivity index (χ4v) is 2.42. The zero-order chi connectivity index (χ0) is 19.2. The van der Waals surface area contributed by atoms with Crippen LogP contribution >= 0.6 is 0 Å². The lowest BCUT2D eigenvalue weighted by atomic mass is 10.1. The van der Waals surface area contributed by atoms with Gasteiger partial charge in [0, 0.05) is 6.42 Å². The molecular formula is C19H21F3O4. The zero-order valence-electron chi connectivity index (χ0n) is 14.6. The van der Waals surface area contributed by atoms with Crippen molar-refractivity contribution in [1.82, 2.24) is 0 Å². The molecule has 0 heterocycles. The van der Waals surface area contributed by atoms with Crippen molar-refractivity contribution in [2.45, 2.75) is 33.1 Å². The summed E-state index contributed by atoms with van der Waals surface area (Å²) in [6.45, 7) is 4.56. The Balaban J connectivity index is 1.78. The van der Waals surface area contributed by atoms with Gasteiger partial charge in [0.1, 0.15) is 11.5 Å². The van der Waals surface area contributed by atoms with E-state index in [1.54, 1.807) is 6.07 Å². The predicted molar refractivity (Wildman–Crippen MR) is 91.0 cm³/mol. The molecule has 0 saturated heterocycles. The Morgan fingerprint density at radius 1 is 0.962 bits per heavy atom. The second-order valence-electron chi connectivity index (χ2n) is 5.70. The van der Waals surface area contributed by atoms with Crippen molar-refractivity contribution < 1.29 is 32.5 Å². The molecule has 0 amide bonds. The normalized spacial score (nSPS) is 11.3. The van der Waals surface area contributed by atoms with Crippen LogP contribution in [-0.4, -0.2) is 24.7 Å².